The number of amides is 1. The number of carbonyl (C=O) groups is 1. The first-order chi connectivity index (χ1) is 18.2. The molecule has 2 aromatic carbocycles. The summed E-state index contributed by atoms with van der Waals surface area (Å²) in [6.07, 6.45) is 2.44. The molecule has 0 bridgehead atoms. The van der Waals surface area contributed by atoms with E-state index in [1.54, 1.807) is 20.8 Å². The maximum absolute atomic E-state index is 14.1. The molecule has 0 spiro atoms. The molecule has 1 aliphatic rings. The van der Waals surface area contributed by atoms with E-state index in [2.05, 4.69) is 13.5 Å². The smallest absolute Gasteiger partial charge is 0.410 e. The van der Waals surface area contributed by atoms with E-state index in [-0.39, 0.29) is 42.4 Å². The monoisotopic (exact) mass is 558 g/mol. The van der Waals surface area contributed by atoms with Gasteiger partial charge >= 0.3 is 6.09 Å². The van der Waals surface area contributed by atoms with Crippen LogP contribution in [0.5, 0.6) is 11.5 Å². The van der Waals surface area contributed by atoms with Crippen LogP contribution in [0.3, 0.4) is 0 Å². The molecule has 0 radical (unpaired) electrons. The van der Waals surface area contributed by atoms with Crippen molar-refractivity contribution in [3.8, 4) is 22.6 Å². The molecular formula is C30H42N2O6S. The molecule has 1 aliphatic heterocycles. The SMILES string of the molecule is C=C(C)c1ccc(C)cc1-c1c(O)cc(CCCCC)c(S(=O)(=O)N2CCN(C(=O)OC(C)(C)C)CC2)c1O. The van der Waals surface area contributed by atoms with Crippen molar-refractivity contribution < 1.29 is 28.2 Å². The van der Waals surface area contributed by atoms with Crippen LogP contribution < -0.4 is 0 Å². The molecule has 1 saturated heterocycles. The molecule has 2 N–H and O–H groups in total. The Kier molecular flexibility index (Phi) is 9.39. The number of sulfonamides is 1. The lowest BCUT2D eigenvalue weighted by atomic mass is 9.91. The Balaban J connectivity index is 2.08. The molecule has 1 fully saturated rings. The number of allylic oxidation sites excluding steroid dienone is 1. The number of benzene rings is 2. The number of rotatable bonds is 8. The number of aryl methyl sites for hydroxylation is 2. The van der Waals surface area contributed by atoms with Gasteiger partial charge in [-0.15, -0.1) is 0 Å². The summed E-state index contributed by atoms with van der Waals surface area (Å²) in [5, 5.41) is 22.7. The summed E-state index contributed by atoms with van der Waals surface area (Å²) in [5.74, 6) is -0.648. The number of hydrogen-bond donors (Lipinski definition) is 2. The van der Waals surface area contributed by atoms with Crippen LogP contribution in [0.25, 0.3) is 16.7 Å². The Morgan fingerprint density at radius 2 is 1.72 bits per heavy atom. The zero-order valence-corrected chi connectivity index (χ0v) is 24.8. The highest BCUT2D eigenvalue weighted by Crippen LogP contribution is 2.47. The summed E-state index contributed by atoms with van der Waals surface area (Å²) >= 11 is 0. The fourth-order valence-corrected chi connectivity index (χ4v) is 6.54. The molecule has 1 heterocycles. The molecule has 0 saturated carbocycles. The van der Waals surface area contributed by atoms with Gasteiger partial charge in [0.25, 0.3) is 0 Å². The second-order valence-electron chi connectivity index (χ2n) is 11.3. The van der Waals surface area contributed by atoms with Crippen LogP contribution in [0.2, 0.25) is 0 Å². The molecule has 39 heavy (non-hydrogen) atoms. The zero-order chi connectivity index (χ0) is 29.1. The number of carbonyl (C=O) groups excluding carboxylic acids is 1. The molecular weight excluding hydrogens is 516 g/mol. The van der Waals surface area contributed by atoms with Crippen molar-refractivity contribution in [2.75, 3.05) is 26.2 Å². The van der Waals surface area contributed by atoms with Crippen molar-refractivity contribution >= 4 is 21.7 Å². The maximum atomic E-state index is 14.1. The number of ether oxygens (including phenoxy) is 1. The van der Waals surface area contributed by atoms with Crippen LogP contribution in [0, 0.1) is 6.92 Å². The van der Waals surface area contributed by atoms with Crippen LogP contribution in [0.15, 0.2) is 35.7 Å². The highest BCUT2D eigenvalue weighted by Gasteiger charge is 2.36. The van der Waals surface area contributed by atoms with E-state index < -0.39 is 27.5 Å². The first-order valence-corrected chi connectivity index (χ1v) is 14.9. The average Bonchev–Trinajstić information content (AvgIpc) is 2.82. The van der Waals surface area contributed by atoms with E-state index in [0.29, 0.717) is 29.5 Å². The minimum atomic E-state index is -4.16. The number of aromatic hydroxyl groups is 2. The van der Waals surface area contributed by atoms with Gasteiger partial charge in [0.1, 0.15) is 22.0 Å². The highest BCUT2D eigenvalue weighted by atomic mass is 32.2. The molecule has 0 aliphatic carbocycles. The minimum absolute atomic E-state index is 0.0626. The Hall–Kier alpha value is -3.04. The standard InChI is InChI=1S/C30H42N2O6S/c1-8-9-10-11-22-19-25(33)26(24-18-21(4)12-13-23(24)20(2)3)27(34)28(22)39(36,37)32-16-14-31(15-17-32)29(35)38-30(5,6)7/h12-13,18-19,33-34H,2,8-11,14-17H2,1,3-7H3. The Bertz CT molecular complexity index is 1340. The van der Waals surface area contributed by atoms with Crippen LogP contribution in [-0.2, 0) is 21.2 Å². The minimum Gasteiger partial charge on any atom is -0.507 e. The van der Waals surface area contributed by atoms with Crippen LogP contribution >= 0.6 is 0 Å². The van der Waals surface area contributed by atoms with E-state index in [0.717, 1.165) is 24.0 Å². The molecule has 3 rings (SSSR count). The second kappa shape index (κ2) is 12.0. The molecule has 0 aromatic heterocycles. The predicted octanol–water partition coefficient (Wildman–Crippen LogP) is 6.08. The fourth-order valence-electron chi connectivity index (χ4n) is 4.80. The second-order valence-corrected chi connectivity index (χ2v) is 13.1. The van der Waals surface area contributed by atoms with Crippen LogP contribution in [-0.4, -0.2) is 65.7 Å². The normalized spacial score (nSPS) is 14.9. The Morgan fingerprint density at radius 1 is 1.08 bits per heavy atom. The number of phenols is 2. The summed E-state index contributed by atoms with van der Waals surface area (Å²) in [5.41, 5.74) is 2.63. The van der Waals surface area contributed by atoms with Gasteiger partial charge in [0.05, 0.1) is 5.56 Å². The highest BCUT2D eigenvalue weighted by molar-refractivity contribution is 7.89. The van der Waals surface area contributed by atoms with E-state index in [1.165, 1.54) is 15.3 Å². The number of piperazine rings is 1. The first-order valence-electron chi connectivity index (χ1n) is 13.5. The number of unbranched alkanes of at least 4 members (excludes halogenated alkanes) is 2. The summed E-state index contributed by atoms with van der Waals surface area (Å²) in [4.78, 5) is 13.8. The summed E-state index contributed by atoms with van der Waals surface area (Å²) in [7, 11) is -4.16. The third-order valence-electron chi connectivity index (χ3n) is 6.75. The number of hydrogen-bond acceptors (Lipinski definition) is 6. The van der Waals surface area contributed by atoms with Gasteiger partial charge in [-0.3, -0.25) is 0 Å². The molecule has 0 atom stereocenters. The van der Waals surface area contributed by atoms with Crippen molar-refractivity contribution in [3.63, 3.8) is 0 Å². The van der Waals surface area contributed by atoms with Crippen molar-refractivity contribution in [2.24, 2.45) is 0 Å². The van der Waals surface area contributed by atoms with Gasteiger partial charge in [-0.05, 0) is 70.2 Å². The third kappa shape index (κ3) is 6.94. The van der Waals surface area contributed by atoms with Crippen molar-refractivity contribution in [1.29, 1.82) is 0 Å². The lowest BCUT2D eigenvalue weighted by Gasteiger charge is -2.35. The molecule has 1 amide bonds. The number of phenolic OH excluding ortho intramolecular Hbond substituents is 2. The van der Waals surface area contributed by atoms with E-state index in [4.69, 9.17) is 4.74 Å². The lowest BCUT2D eigenvalue weighted by molar-refractivity contribution is 0.0192. The van der Waals surface area contributed by atoms with Crippen molar-refractivity contribution in [1.82, 2.24) is 9.21 Å². The van der Waals surface area contributed by atoms with Crippen LogP contribution in [0.1, 0.15) is 70.6 Å². The molecule has 2 aromatic rings. The fraction of sp³-hybridized carbons (Fsp3) is 0.500. The largest absolute Gasteiger partial charge is 0.507 e. The van der Waals surface area contributed by atoms with Gasteiger partial charge in [0.2, 0.25) is 10.0 Å². The Labute approximate surface area is 233 Å². The van der Waals surface area contributed by atoms with Crippen molar-refractivity contribution in [3.05, 3.63) is 47.5 Å². The van der Waals surface area contributed by atoms with Gasteiger partial charge < -0.3 is 19.8 Å². The van der Waals surface area contributed by atoms with E-state index >= 15 is 0 Å². The molecule has 214 valence electrons. The third-order valence-corrected chi connectivity index (χ3v) is 8.77. The van der Waals surface area contributed by atoms with Crippen molar-refractivity contribution in [2.45, 2.75) is 77.7 Å². The Morgan fingerprint density at radius 3 is 2.28 bits per heavy atom. The first kappa shape index (κ1) is 30.5. The topological polar surface area (TPSA) is 107 Å². The maximum Gasteiger partial charge on any atom is 0.410 e. The van der Waals surface area contributed by atoms with E-state index in [1.807, 2.05) is 32.0 Å². The molecule has 0 unspecified atom stereocenters. The van der Waals surface area contributed by atoms with Gasteiger partial charge in [-0.2, -0.15) is 4.31 Å². The quantitative estimate of drug-likeness (QED) is 0.380. The van der Waals surface area contributed by atoms with Gasteiger partial charge in [0.15, 0.2) is 0 Å². The lowest BCUT2D eigenvalue weighted by Crippen LogP contribution is -2.51. The number of nitrogens with zero attached hydrogens (tertiary/aromatic N) is 2. The molecule has 8 nitrogen and oxygen atoms in total. The van der Waals surface area contributed by atoms with Gasteiger partial charge in [-0.1, -0.05) is 55.7 Å². The summed E-state index contributed by atoms with van der Waals surface area (Å²) in [6, 6.07) is 7.04. The summed E-state index contributed by atoms with van der Waals surface area (Å²) in [6.45, 7) is 15.6. The zero-order valence-electron chi connectivity index (χ0n) is 24.0. The molecule has 9 heteroatoms. The van der Waals surface area contributed by atoms with E-state index in [9.17, 15) is 23.4 Å². The van der Waals surface area contributed by atoms with Crippen LogP contribution in [0.4, 0.5) is 4.79 Å². The van der Waals surface area contributed by atoms with Gasteiger partial charge in [0, 0.05) is 26.2 Å². The predicted molar refractivity (Wildman–Crippen MR) is 154 cm³/mol. The summed E-state index contributed by atoms with van der Waals surface area (Å²) < 4.78 is 34.9. The average molecular weight is 559 g/mol. The van der Waals surface area contributed by atoms with Gasteiger partial charge in [-0.25, -0.2) is 13.2 Å².